The van der Waals surface area contributed by atoms with Crippen molar-refractivity contribution in [3.8, 4) is 0 Å². The van der Waals surface area contributed by atoms with Gasteiger partial charge in [0.25, 0.3) is 5.91 Å². The van der Waals surface area contributed by atoms with Crippen LogP contribution in [0.4, 0.5) is 0 Å². The Labute approximate surface area is 160 Å². The Morgan fingerprint density at radius 3 is 2.70 bits per heavy atom. The van der Waals surface area contributed by atoms with Gasteiger partial charge in [-0.3, -0.25) is 9.59 Å². The van der Waals surface area contributed by atoms with Crippen LogP contribution in [0.3, 0.4) is 0 Å². The molecular formula is C22H28N2O3. The van der Waals surface area contributed by atoms with Crippen LogP contribution in [0.2, 0.25) is 0 Å². The van der Waals surface area contributed by atoms with E-state index in [-0.39, 0.29) is 23.0 Å². The molecule has 0 saturated carbocycles. The minimum Gasteiger partial charge on any atom is -0.503 e. The third-order valence-corrected chi connectivity index (χ3v) is 5.12. The number of nitrogens with zero attached hydrogens (tertiary/aromatic N) is 1. The van der Waals surface area contributed by atoms with Gasteiger partial charge in [-0.2, -0.15) is 0 Å². The van der Waals surface area contributed by atoms with Gasteiger partial charge < -0.3 is 15.0 Å². The Balaban J connectivity index is 2.06. The molecule has 1 aromatic heterocycles. The number of carbonyl (C=O) groups is 2. The summed E-state index contributed by atoms with van der Waals surface area (Å²) in [7, 11) is 0. The smallest absolute Gasteiger partial charge is 0.290 e. The molecule has 27 heavy (non-hydrogen) atoms. The van der Waals surface area contributed by atoms with Gasteiger partial charge >= 0.3 is 0 Å². The van der Waals surface area contributed by atoms with Crippen LogP contribution in [0.5, 0.6) is 0 Å². The second-order valence-corrected chi connectivity index (χ2v) is 7.68. The van der Waals surface area contributed by atoms with Gasteiger partial charge in [0.05, 0.1) is 11.6 Å². The number of aliphatic hydroxyl groups excluding tert-OH is 1. The molecule has 1 atom stereocenters. The van der Waals surface area contributed by atoms with E-state index in [9.17, 15) is 14.7 Å². The summed E-state index contributed by atoms with van der Waals surface area (Å²) >= 11 is 0. The van der Waals surface area contributed by atoms with Crippen molar-refractivity contribution in [2.45, 2.75) is 52.5 Å². The average Bonchev–Trinajstić information content (AvgIpc) is 3.15. The lowest BCUT2D eigenvalue weighted by atomic mass is 9.92. The monoisotopic (exact) mass is 368 g/mol. The normalized spacial score (nSPS) is 17.6. The number of fused-ring (bicyclic) bond motifs is 1. The Morgan fingerprint density at radius 2 is 2.00 bits per heavy atom. The second-order valence-electron chi connectivity index (χ2n) is 7.68. The summed E-state index contributed by atoms with van der Waals surface area (Å²) in [6.07, 6.45) is 5.06. The van der Waals surface area contributed by atoms with Gasteiger partial charge in [0.1, 0.15) is 0 Å². The van der Waals surface area contributed by atoms with Crippen molar-refractivity contribution in [2.24, 2.45) is 5.92 Å². The molecule has 1 aromatic carbocycles. The molecule has 0 aliphatic carbocycles. The first-order valence-corrected chi connectivity index (χ1v) is 9.79. The molecule has 1 aliphatic rings. The number of H-pyrrole nitrogens is 1. The Kier molecular flexibility index (Phi) is 5.68. The van der Waals surface area contributed by atoms with Crippen LogP contribution in [-0.2, 0) is 9.59 Å². The number of amides is 1. The molecule has 0 fully saturated rings. The summed E-state index contributed by atoms with van der Waals surface area (Å²) in [5.41, 5.74) is 2.07. The number of benzene rings is 1. The van der Waals surface area contributed by atoms with E-state index in [4.69, 9.17) is 0 Å². The van der Waals surface area contributed by atoms with E-state index in [1.807, 2.05) is 44.3 Å². The van der Waals surface area contributed by atoms with Crippen molar-refractivity contribution >= 4 is 22.6 Å². The topological polar surface area (TPSA) is 73.4 Å². The fourth-order valence-corrected chi connectivity index (χ4v) is 3.83. The molecule has 0 saturated heterocycles. The highest BCUT2D eigenvalue weighted by atomic mass is 16.3. The zero-order valence-electron chi connectivity index (χ0n) is 16.3. The van der Waals surface area contributed by atoms with E-state index in [1.54, 1.807) is 4.90 Å². The minimum absolute atomic E-state index is 0.149. The highest BCUT2D eigenvalue weighted by molar-refractivity contribution is 6.09. The number of aliphatic hydroxyl groups is 1. The van der Waals surface area contributed by atoms with Crippen LogP contribution in [0.1, 0.15) is 58.1 Å². The van der Waals surface area contributed by atoms with Crippen molar-refractivity contribution in [3.05, 3.63) is 47.4 Å². The maximum absolute atomic E-state index is 12.9. The van der Waals surface area contributed by atoms with Gasteiger partial charge in [0, 0.05) is 35.6 Å². The molecule has 3 rings (SSSR count). The summed E-state index contributed by atoms with van der Waals surface area (Å²) in [5.74, 6) is -0.810. The standard InChI is InChI=1S/C22H28N2O3/c1-4-5-8-11-24-20(16-13-23-17-10-7-6-9-15(16)17)19(21(26)22(24)27)18(25)12-14(2)3/h6-7,9-10,13-14,20,23,26H,4-5,8,11-12H2,1-3H3. The first kappa shape index (κ1) is 19.2. The number of aromatic nitrogens is 1. The molecule has 0 radical (unpaired) electrons. The number of para-hydroxylation sites is 1. The Bertz CT molecular complexity index is 879. The molecule has 2 aromatic rings. The van der Waals surface area contributed by atoms with Gasteiger partial charge in [-0.05, 0) is 18.4 Å². The molecular weight excluding hydrogens is 340 g/mol. The lowest BCUT2D eigenvalue weighted by Gasteiger charge is -2.26. The maximum atomic E-state index is 12.9. The number of unbranched alkanes of at least 4 members (excludes halogenated alkanes) is 2. The Hall–Kier alpha value is -2.56. The van der Waals surface area contributed by atoms with Crippen molar-refractivity contribution < 1.29 is 14.7 Å². The number of rotatable bonds is 8. The predicted molar refractivity (Wildman–Crippen MR) is 106 cm³/mol. The number of aromatic amines is 1. The predicted octanol–water partition coefficient (Wildman–Crippen LogP) is 4.67. The van der Waals surface area contributed by atoms with Crippen LogP contribution in [-0.4, -0.2) is 33.2 Å². The number of hydrogen-bond donors (Lipinski definition) is 2. The van der Waals surface area contributed by atoms with Crippen LogP contribution in [0, 0.1) is 5.92 Å². The van der Waals surface area contributed by atoms with Crippen LogP contribution in [0.15, 0.2) is 41.8 Å². The van der Waals surface area contributed by atoms with Crippen LogP contribution < -0.4 is 0 Å². The van der Waals surface area contributed by atoms with E-state index < -0.39 is 11.9 Å². The molecule has 1 amide bonds. The van der Waals surface area contributed by atoms with Crippen LogP contribution >= 0.6 is 0 Å². The molecule has 144 valence electrons. The van der Waals surface area contributed by atoms with E-state index in [0.29, 0.717) is 13.0 Å². The van der Waals surface area contributed by atoms with Gasteiger partial charge in [0.2, 0.25) is 0 Å². The Morgan fingerprint density at radius 1 is 1.26 bits per heavy atom. The lowest BCUT2D eigenvalue weighted by Crippen LogP contribution is -2.32. The summed E-state index contributed by atoms with van der Waals surface area (Å²) in [5, 5.41) is 11.5. The first-order chi connectivity index (χ1) is 13.0. The van der Waals surface area contributed by atoms with Crippen molar-refractivity contribution in [3.63, 3.8) is 0 Å². The van der Waals surface area contributed by atoms with Crippen molar-refractivity contribution in [1.82, 2.24) is 9.88 Å². The van der Waals surface area contributed by atoms with Gasteiger partial charge in [-0.1, -0.05) is 51.8 Å². The second kappa shape index (κ2) is 7.99. The molecule has 0 bridgehead atoms. The molecule has 1 unspecified atom stereocenters. The number of hydrogen-bond acceptors (Lipinski definition) is 3. The fourth-order valence-electron chi connectivity index (χ4n) is 3.83. The number of Topliss-reactive ketones (excluding diaryl/α,β-unsaturated/α-hetero) is 1. The van der Waals surface area contributed by atoms with Crippen molar-refractivity contribution in [2.75, 3.05) is 6.54 Å². The highest BCUT2D eigenvalue weighted by Crippen LogP contribution is 2.41. The van der Waals surface area contributed by atoms with E-state index in [0.717, 1.165) is 35.7 Å². The van der Waals surface area contributed by atoms with Gasteiger partial charge in [-0.15, -0.1) is 0 Å². The zero-order valence-corrected chi connectivity index (χ0v) is 16.3. The van der Waals surface area contributed by atoms with E-state index in [2.05, 4.69) is 11.9 Å². The fraction of sp³-hybridized carbons (Fsp3) is 0.455. The molecule has 2 N–H and O–H groups in total. The molecule has 0 spiro atoms. The molecule has 5 heteroatoms. The van der Waals surface area contributed by atoms with Gasteiger partial charge in [-0.25, -0.2) is 0 Å². The van der Waals surface area contributed by atoms with Crippen LogP contribution in [0.25, 0.3) is 10.9 Å². The molecule has 5 nitrogen and oxygen atoms in total. The van der Waals surface area contributed by atoms with E-state index >= 15 is 0 Å². The quantitative estimate of drug-likeness (QED) is 0.665. The third-order valence-electron chi connectivity index (χ3n) is 5.12. The largest absolute Gasteiger partial charge is 0.503 e. The third kappa shape index (κ3) is 3.64. The zero-order chi connectivity index (χ0) is 19.6. The summed E-state index contributed by atoms with van der Waals surface area (Å²) in [4.78, 5) is 30.6. The maximum Gasteiger partial charge on any atom is 0.290 e. The van der Waals surface area contributed by atoms with Gasteiger partial charge in [0.15, 0.2) is 11.5 Å². The highest BCUT2D eigenvalue weighted by Gasteiger charge is 2.43. The van der Waals surface area contributed by atoms with E-state index in [1.165, 1.54) is 0 Å². The summed E-state index contributed by atoms with van der Waals surface area (Å²) in [6, 6.07) is 7.31. The number of ketones is 1. The molecule has 2 heterocycles. The summed E-state index contributed by atoms with van der Waals surface area (Å²) < 4.78 is 0. The minimum atomic E-state index is -0.531. The lowest BCUT2D eigenvalue weighted by molar-refractivity contribution is -0.129. The van der Waals surface area contributed by atoms with Crippen molar-refractivity contribution in [1.29, 1.82) is 0 Å². The number of carbonyl (C=O) groups excluding carboxylic acids is 2. The number of nitrogens with one attached hydrogen (secondary N) is 1. The molecule has 1 aliphatic heterocycles. The first-order valence-electron chi connectivity index (χ1n) is 9.79. The SMILES string of the molecule is CCCCCN1C(=O)C(O)=C(C(=O)CC(C)C)C1c1c[nH]c2ccccc12. The summed E-state index contributed by atoms with van der Waals surface area (Å²) in [6.45, 7) is 6.56. The average molecular weight is 368 g/mol.